The van der Waals surface area contributed by atoms with Gasteiger partial charge in [0.05, 0.1) is 0 Å². The molecule has 1 saturated heterocycles. The second kappa shape index (κ2) is 7.90. The lowest BCUT2D eigenvalue weighted by molar-refractivity contribution is 0.103. The molecule has 0 aliphatic carbocycles. The van der Waals surface area contributed by atoms with Crippen molar-refractivity contribution in [3.05, 3.63) is 89.4 Å². The van der Waals surface area contributed by atoms with Crippen LogP contribution in [0, 0.1) is 6.92 Å². The number of ketones is 1. The van der Waals surface area contributed by atoms with Gasteiger partial charge in [0.2, 0.25) is 5.78 Å². The molecule has 1 aliphatic rings. The maximum atomic E-state index is 12.9. The summed E-state index contributed by atoms with van der Waals surface area (Å²) in [6, 6.07) is 20.2. The average Bonchev–Trinajstić information content (AvgIpc) is 2.75. The Balaban J connectivity index is 1.61. The van der Waals surface area contributed by atoms with Gasteiger partial charge in [0.25, 0.3) is 0 Å². The van der Waals surface area contributed by atoms with E-state index in [1.807, 2.05) is 25.1 Å². The lowest BCUT2D eigenvalue weighted by atomic mass is 10.0. The predicted octanol–water partition coefficient (Wildman–Crippen LogP) is 3.56. The van der Waals surface area contributed by atoms with Crippen LogP contribution in [0.5, 0.6) is 0 Å². The molecule has 2 atom stereocenters. The first-order valence-electron chi connectivity index (χ1n) is 9.62. The first-order chi connectivity index (χ1) is 13.6. The molecule has 3 aromatic rings. The molecule has 0 spiro atoms. The fraction of sp³-hybridized carbons (Fsp3) is 0.261. The maximum absolute atomic E-state index is 12.9. The van der Waals surface area contributed by atoms with Crippen LogP contribution in [-0.2, 0) is 0 Å². The number of carbonyl (C=O) groups excluding carboxylic acids is 1. The van der Waals surface area contributed by atoms with Crippen molar-refractivity contribution in [3.8, 4) is 0 Å². The van der Waals surface area contributed by atoms with E-state index in [1.54, 1.807) is 24.4 Å². The standard InChI is InChI=1S/C23H24N4O/c1-16-14-25-21(18-8-4-3-5-9-18)15-27(16)22-12-6-11-20(26-22)23(28)19-10-7-13-24-17(19)2/h3-13,16,21,25H,14-15H2,1-2H3. The Morgan fingerprint density at radius 3 is 2.68 bits per heavy atom. The predicted molar refractivity (Wildman–Crippen MR) is 111 cm³/mol. The average molecular weight is 372 g/mol. The third-order valence-electron chi connectivity index (χ3n) is 5.29. The van der Waals surface area contributed by atoms with E-state index in [0.29, 0.717) is 11.3 Å². The van der Waals surface area contributed by atoms with Crippen molar-refractivity contribution in [2.45, 2.75) is 25.9 Å². The van der Waals surface area contributed by atoms with Crippen LogP contribution in [0.2, 0.25) is 0 Å². The van der Waals surface area contributed by atoms with Crippen molar-refractivity contribution in [2.75, 3.05) is 18.0 Å². The second-order valence-corrected chi connectivity index (χ2v) is 7.22. The minimum Gasteiger partial charge on any atom is -0.351 e. The molecule has 0 amide bonds. The number of pyridine rings is 2. The normalized spacial score (nSPS) is 19.4. The van der Waals surface area contributed by atoms with E-state index < -0.39 is 0 Å². The van der Waals surface area contributed by atoms with Crippen LogP contribution in [0.15, 0.2) is 66.9 Å². The van der Waals surface area contributed by atoms with Crippen LogP contribution < -0.4 is 10.2 Å². The van der Waals surface area contributed by atoms with E-state index in [2.05, 4.69) is 46.4 Å². The molecule has 2 unspecified atom stereocenters. The molecule has 0 radical (unpaired) electrons. The molecule has 5 nitrogen and oxygen atoms in total. The zero-order valence-electron chi connectivity index (χ0n) is 16.2. The zero-order chi connectivity index (χ0) is 19.5. The smallest absolute Gasteiger partial charge is 0.213 e. The molecule has 5 heteroatoms. The van der Waals surface area contributed by atoms with Crippen molar-refractivity contribution in [1.29, 1.82) is 0 Å². The lowest BCUT2D eigenvalue weighted by Gasteiger charge is -2.40. The summed E-state index contributed by atoms with van der Waals surface area (Å²) in [5, 5.41) is 3.61. The number of aromatic nitrogens is 2. The Morgan fingerprint density at radius 1 is 1.07 bits per heavy atom. The highest BCUT2D eigenvalue weighted by molar-refractivity contribution is 6.08. The molecule has 1 aliphatic heterocycles. The van der Waals surface area contributed by atoms with Crippen LogP contribution >= 0.6 is 0 Å². The topological polar surface area (TPSA) is 58.1 Å². The molecule has 0 bridgehead atoms. The Morgan fingerprint density at radius 2 is 1.89 bits per heavy atom. The fourth-order valence-corrected chi connectivity index (χ4v) is 3.66. The number of anilines is 1. The van der Waals surface area contributed by atoms with Gasteiger partial charge in [-0.2, -0.15) is 0 Å². The fourth-order valence-electron chi connectivity index (χ4n) is 3.66. The van der Waals surface area contributed by atoms with Crippen LogP contribution in [0.4, 0.5) is 5.82 Å². The summed E-state index contributed by atoms with van der Waals surface area (Å²) in [4.78, 5) is 24.2. The Labute approximate surface area is 165 Å². The van der Waals surface area contributed by atoms with Gasteiger partial charge in [-0.1, -0.05) is 36.4 Å². The summed E-state index contributed by atoms with van der Waals surface area (Å²) in [6.45, 7) is 5.69. The van der Waals surface area contributed by atoms with Crippen molar-refractivity contribution in [1.82, 2.24) is 15.3 Å². The number of hydrogen-bond acceptors (Lipinski definition) is 5. The molecule has 2 aromatic heterocycles. The molecule has 3 heterocycles. The van der Waals surface area contributed by atoms with Crippen molar-refractivity contribution in [2.24, 2.45) is 0 Å². The van der Waals surface area contributed by atoms with E-state index in [-0.39, 0.29) is 17.9 Å². The van der Waals surface area contributed by atoms with Crippen LogP contribution in [0.3, 0.4) is 0 Å². The van der Waals surface area contributed by atoms with Gasteiger partial charge in [-0.05, 0) is 43.7 Å². The van der Waals surface area contributed by atoms with Crippen molar-refractivity contribution < 1.29 is 4.79 Å². The first-order valence-corrected chi connectivity index (χ1v) is 9.62. The molecule has 0 saturated carbocycles. The molecule has 142 valence electrons. The van der Waals surface area contributed by atoms with Crippen molar-refractivity contribution in [3.63, 3.8) is 0 Å². The van der Waals surface area contributed by atoms with E-state index in [0.717, 1.165) is 24.6 Å². The first kappa shape index (κ1) is 18.3. The summed E-state index contributed by atoms with van der Waals surface area (Å²) in [5.41, 5.74) is 3.04. The lowest BCUT2D eigenvalue weighted by Crippen LogP contribution is -2.51. The number of carbonyl (C=O) groups is 1. The highest BCUT2D eigenvalue weighted by atomic mass is 16.1. The number of piperazine rings is 1. The maximum Gasteiger partial charge on any atom is 0.213 e. The van der Waals surface area contributed by atoms with Crippen LogP contribution in [0.1, 0.15) is 40.3 Å². The molecule has 28 heavy (non-hydrogen) atoms. The number of nitrogens with zero attached hydrogens (tertiary/aromatic N) is 3. The van der Waals surface area contributed by atoms with Gasteiger partial charge in [-0.15, -0.1) is 0 Å². The zero-order valence-corrected chi connectivity index (χ0v) is 16.2. The summed E-state index contributed by atoms with van der Waals surface area (Å²) < 4.78 is 0. The third-order valence-corrected chi connectivity index (χ3v) is 5.29. The SMILES string of the molecule is Cc1ncccc1C(=O)c1cccc(N2CC(c3ccccc3)NCC2C)n1. The van der Waals surface area contributed by atoms with Crippen molar-refractivity contribution >= 4 is 11.6 Å². The summed E-state index contributed by atoms with van der Waals surface area (Å²) in [5.74, 6) is 0.747. The number of hydrogen-bond donors (Lipinski definition) is 1. The molecule has 4 rings (SSSR count). The molecular weight excluding hydrogens is 348 g/mol. The minimum atomic E-state index is -0.0881. The van der Waals surface area contributed by atoms with Gasteiger partial charge < -0.3 is 10.2 Å². The molecule has 1 N–H and O–H groups in total. The van der Waals surface area contributed by atoms with Gasteiger partial charge in [-0.25, -0.2) is 4.98 Å². The summed E-state index contributed by atoms with van der Waals surface area (Å²) in [6.07, 6.45) is 1.70. The monoisotopic (exact) mass is 372 g/mol. The largest absolute Gasteiger partial charge is 0.351 e. The number of benzene rings is 1. The number of rotatable bonds is 4. The minimum absolute atomic E-state index is 0.0881. The molecular formula is C23H24N4O. The van der Waals surface area contributed by atoms with Crippen LogP contribution in [0.25, 0.3) is 0 Å². The number of nitrogens with one attached hydrogen (secondary N) is 1. The Kier molecular flexibility index (Phi) is 5.17. The number of aryl methyl sites for hydroxylation is 1. The molecule has 1 aromatic carbocycles. The quantitative estimate of drug-likeness (QED) is 0.710. The molecule has 1 fully saturated rings. The van der Waals surface area contributed by atoms with Gasteiger partial charge >= 0.3 is 0 Å². The van der Waals surface area contributed by atoms with Gasteiger partial charge in [-0.3, -0.25) is 9.78 Å². The van der Waals surface area contributed by atoms with Gasteiger partial charge in [0.15, 0.2) is 0 Å². The van der Waals surface area contributed by atoms with Gasteiger partial charge in [0.1, 0.15) is 11.5 Å². The van der Waals surface area contributed by atoms with Crippen LogP contribution in [-0.4, -0.2) is 34.9 Å². The van der Waals surface area contributed by atoms with Gasteiger partial charge in [0, 0.05) is 42.6 Å². The van der Waals surface area contributed by atoms with E-state index in [9.17, 15) is 4.79 Å². The Hall–Kier alpha value is -3.05. The Bertz CT molecular complexity index is 973. The third kappa shape index (κ3) is 3.66. The highest BCUT2D eigenvalue weighted by Crippen LogP contribution is 2.25. The highest BCUT2D eigenvalue weighted by Gasteiger charge is 2.27. The van der Waals surface area contributed by atoms with E-state index >= 15 is 0 Å². The van der Waals surface area contributed by atoms with E-state index in [4.69, 9.17) is 4.98 Å². The summed E-state index contributed by atoms with van der Waals surface area (Å²) in [7, 11) is 0. The summed E-state index contributed by atoms with van der Waals surface area (Å²) >= 11 is 0. The van der Waals surface area contributed by atoms with E-state index in [1.165, 1.54) is 5.56 Å². The second-order valence-electron chi connectivity index (χ2n) is 7.22.